The molecule has 0 bridgehead atoms. The van der Waals surface area contributed by atoms with Crippen LogP contribution < -0.4 is 5.32 Å². The Balaban J connectivity index is 1.78. The number of hydrogen-bond acceptors (Lipinski definition) is 3. The molecular weight excluding hydrogens is 224 g/mol. The Morgan fingerprint density at radius 1 is 1.44 bits per heavy atom. The number of rotatable bonds is 5. The first-order valence-electron chi connectivity index (χ1n) is 7.17. The first-order valence-corrected chi connectivity index (χ1v) is 7.17. The summed E-state index contributed by atoms with van der Waals surface area (Å²) in [4.78, 5) is 2.59. The number of hydrogen-bond donors (Lipinski definition) is 1. The van der Waals surface area contributed by atoms with Crippen LogP contribution in [0, 0.1) is 5.92 Å². The van der Waals surface area contributed by atoms with E-state index in [1.165, 1.54) is 38.9 Å². The van der Waals surface area contributed by atoms with Crippen LogP contribution in [0.15, 0.2) is 12.3 Å². The molecule has 1 fully saturated rings. The standard InChI is InChI=1S/C14H26N4/c1-4-8-18-10-5-13(6-11-18)12(2)15-14-7-9-17(3)16-14/h7,9,12-13H,4-6,8,10-11H2,1-3H3,(H,15,16). The highest BCUT2D eigenvalue weighted by atomic mass is 15.3. The lowest BCUT2D eigenvalue weighted by molar-refractivity contribution is 0.176. The van der Waals surface area contributed by atoms with E-state index in [1.807, 2.05) is 24.0 Å². The Morgan fingerprint density at radius 2 is 2.17 bits per heavy atom. The summed E-state index contributed by atoms with van der Waals surface area (Å²) in [7, 11) is 1.96. The van der Waals surface area contributed by atoms with Gasteiger partial charge in [0.2, 0.25) is 0 Å². The van der Waals surface area contributed by atoms with Crippen LogP contribution >= 0.6 is 0 Å². The molecule has 0 amide bonds. The third-order valence-corrected chi connectivity index (χ3v) is 3.97. The predicted molar refractivity (Wildman–Crippen MR) is 75.7 cm³/mol. The van der Waals surface area contributed by atoms with E-state index in [1.54, 1.807) is 0 Å². The van der Waals surface area contributed by atoms with Gasteiger partial charge < -0.3 is 10.2 Å². The lowest BCUT2D eigenvalue weighted by Gasteiger charge is -2.35. The van der Waals surface area contributed by atoms with Gasteiger partial charge in [-0.25, -0.2) is 0 Å². The highest BCUT2D eigenvalue weighted by molar-refractivity contribution is 5.33. The normalized spacial score (nSPS) is 19.9. The number of anilines is 1. The first-order chi connectivity index (χ1) is 8.69. The van der Waals surface area contributed by atoms with Gasteiger partial charge in [0.15, 0.2) is 0 Å². The molecule has 1 aromatic heterocycles. The van der Waals surface area contributed by atoms with Gasteiger partial charge in [-0.2, -0.15) is 5.10 Å². The molecular formula is C14H26N4. The van der Waals surface area contributed by atoms with Crippen LogP contribution in [0.3, 0.4) is 0 Å². The second-order valence-electron chi connectivity index (χ2n) is 5.49. The lowest BCUT2D eigenvalue weighted by atomic mass is 9.90. The summed E-state index contributed by atoms with van der Waals surface area (Å²) in [6.45, 7) is 8.32. The smallest absolute Gasteiger partial charge is 0.148 e. The molecule has 1 atom stereocenters. The zero-order valence-corrected chi connectivity index (χ0v) is 11.9. The Morgan fingerprint density at radius 3 is 2.72 bits per heavy atom. The van der Waals surface area contributed by atoms with Crippen LogP contribution in [0.2, 0.25) is 0 Å². The summed E-state index contributed by atoms with van der Waals surface area (Å²) in [5.74, 6) is 1.78. The molecule has 1 aromatic rings. The van der Waals surface area contributed by atoms with Gasteiger partial charge in [0.05, 0.1) is 0 Å². The largest absolute Gasteiger partial charge is 0.366 e. The molecule has 0 saturated carbocycles. The van der Waals surface area contributed by atoms with Crippen molar-refractivity contribution in [2.75, 3.05) is 25.0 Å². The number of nitrogens with one attached hydrogen (secondary N) is 1. The highest BCUT2D eigenvalue weighted by Crippen LogP contribution is 2.22. The minimum Gasteiger partial charge on any atom is -0.366 e. The zero-order valence-electron chi connectivity index (χ0n) is 11.9. The van der Waals surface area contributed by atoms with Gasteiger partial charge in [0.1, 0.15) is 5.82 Å². The van der Waals surface area contributed by atoms with Gasteiger partial charge in [-0.1, -0.05) is 6.92 Å². The fourth-order valence-electron chi connectivity index (χ4n) is 2.84. The molecule has 1 saturated heterocycles. The van der Waals surface area contributed by atoms with E-state index < -0.39 is 0 Å². The maximum Gasteiger partial charge on any atom is 0.148 e. The van der Waals surface area contributed by atoms with Gasteiger partial charge >= 0.3 is 0 Å². The first kappa shape index (κ1) is 13.4. The average Bonchev–Trinajstić information content (AvgIpc) is 2.76. The summed E-state index contributed by atoms with van der Waals surface area (Å²) >= 11 is 0. The predicted octanol–water partition coefficient (Wildman–Crippen LogP) is 2.34. The fourth-order valence-corrected chi connectivity index (χ4v) is 2.84. The maximum atomic E-state index is 4.39. The molecule has 1 unspecified atom stereocenters. The molecule has 4 nitrogen and oxygen atoms in total. The van der Waals surface area contributed by atoms with Crippen LogP contribution in [-0.2, 0) is 7.05 Å². The molecule has 0 aromatic carbocycles. The number of likely N-dealkylation sites (tertiary alicyclic amines) is 1. The van der Waals surface area contributed by atoms with Crippen LogP contribution in [0.1, 0.15) is 33.1 Å². The molecule has 102 valence electrons. The monoisotopic (exact) mass is 250 g/mol. The van der Waals surface area contributed by atoms with E-state index in [-0.39, 0.29) is 0 Å². The molecule has 2 rings (SSSR count). The number of nitrogens with zero attached hydrogens (tertiary/aromatic N) is 3. The van der Waals surface area contributed by atoms with E-state index in [2.05, 4.69) is 29.2 Å². The van der Waals surface area contributed by atoms with Gasteiger partial charge in [0.25, 0.3) is 0 Å². The van der Waals surface area contributed by atoms with Crippen LogP contribution in [0.4, 0.5) is 5.82 Å². The average molecular weight is 250 g/mol. The molecule has 1 aliphatic rings. The highest BCUT2D eigenvalue weighted by Gasteiger charge is 2.23. The molecule has 1 N–H and O–H groups in total. The van der Waals surface area contributed by atoms with Gasteiger partial charge in [0, 0.05) is 25.4 Å². The quantitative estimate of drug-likeness (QED) is 0.871. The van der Waals surface area contributed by atoms with Crippen molar-refractivity contribution in [3.05, 3.63) is 12.3 Å². The van der Waals surface area contributed by atoms with Crippen molar-refractivity contribution < 1.29 is 0 Å². The molecule has 0 spiro atoms. The van der Waals surface area contributed by atoms with Gasteiger partial charge in [-0.05, 0) is 51.7 Å². The van der Waals surface area contributed by atoms with Crippen molar-refractivity contribution >= 4 is 5.82 Å². The van der Waals surface area contributed by atoms with Crippen molar-refractivity contribution in [2.24, 2.45) is 13.0 Å². The topological polar surface area (TPSA) is 33.1 Å². The van der Waals surface area contributed by atoms with Crippen molar-refractivity contribution in [3.63, 3.8) is 0 Å². The van der Waals surface area contributed by atoms with Crippen molar-refractivity contribution in [3.8, 4) is 0 Å². The molecule has 1 aliphatic heterocycles. The number of aromatic nitrogens is 2. The van der Waals surface area contributed by atoms with Gasteiger partial charge in [-0.15, -0.1) is 0 Å². The van der Waals surface area contributed by atoms with Gasteiger partial charge in [-0.3, -0.25) is 4.68 Å². The van der Waals surface area contributed by atoms with Crippen LogP contribution in [0.25, 0.3) is 0 Å². The second-order valence-corrected chi connectivity index (χ2v) is 5.49. The minimum absolute atomic E-state index is 0.517. The molecule has 4 heteroatoms. The molecule has 18 heavy (non-hydrogen) atoms. The van der Waals surface area contributed by atoms with E-state index in [4.69, 9.17) is 0 Å². The summed E-state index contributed by atoms with van der Waals surface area (Å²) < 4.78 is 1.85. The Bertz CT molecular complexity index is 352. The lowest BCUT2D eigenvalue weighted by Crippen LogP contribution is -2.39. The molecule has 0 radical (unpaired) electrons. The molecule has 2 heterocycles. The summed E-state index contributed by atoms with van der Waals surface area (Å²) in [6, 6.07) is 2.56. The van der Waals surface area contributed by atoms with E-state index in [9.17, 15) is 0 Å². The SMILES string of the molecule is CCCN1CCC(C(C)Nc2ccn(C)n2)CC1. The van der Waals surface area contributed by atoms with Crippen LogP contribution in [0.5, 0.6) is 0 Å². The van der Waals surface area contributed by atoms with Crippen LogP contribution in [-0.4, -0.2) is 40.4 Å². The molecule has 0 aliphatic carbocycles. The second kappa shape index (κ2) is 6.23. The number of aryl methyl sites for hydroxylation is 1. The third-order valence-electron chi connectivity index (χ3n) is 3.97. The Labute approximate surface area is 110 Å². The van der Waals surface area contributed by atoms with E-state index >= 15 is 0 Å². The number of piperidine rings is 1. The van der Waals surface area contributed by atoms with E-state index in [0.717, 1.165) is 11.7 Å². The Hall–Kier alpha value is -1.03. The third kappa shape index (κ3) is 3.48. The summed E-state index contributed by atoms with van der Waals surface area (Å²) in [5.41, 5.74) is 0. The summed E-state index contributed by atoms with van der Waals surface area (Å²) in [5, 5.41) is 7.91. The summed E-state index contributed by atoms with van der Waals surface area (Å²) in [6.07, 6.45) is 5.87. The Kier molecular flexibility index (Phi) is 4.64. The maximum absolute atomic E-state index is 4.39. The van der Waals surface area contributed by atoms with E-state index in [0.29, 0.717) is 6.04 Å². The fraction of sp³-hybridized carbons (Fsp3) is 0.786. The zero-order chi connectivity index (χ0) is 13.0. The minimum atomic E-state index is 0.517. The van der Waals surface area contributed by atoms with Crippen molar-refractivity contribution in [2.45, 2.75) is 39.2 Å². The van der Waals surface area contributed by atoms with Crippen molar-refractivity contribution in [1.29, 1.82) is 0 Å². The van der Waals surface area contributed by atoms with Crippen molar-refractivity contribution in [1.82, 2.24) is 14.7 Å².